The molecule has 0 bridgehead atoms. The summed E-state index contributed by atoms with van der Waals surface area (Å²) in [5.74, 6) is 0.942. The lowest BCUT2D eigenvalue weighted by Crippen LogP contribution is -2.14. The molecule has 0 unspecified atom stereocenters. The lowest BCUT2D eigenvalue weighted by atomic mass is 10.2. The number of nitrogens with one attached hydrogen (secondary N) is 1. The van der Waals surface area contributed by atoms with Gasteiger partial charge < -0.3 is 14.2 Å². The fourth-order valence-electron chi connectivity index (χ4n) is 2.98. The van der Waals surface area contributed by atoms with E-state index in [2.05, 4.69) is 14.7 Å². The van der Waals surface area contributed by atoms with Crippen molar-refractivity contribution in [2.45, 2.75) is 4.90 Å². The SMILES string of the molecule is COc1ccc(OC)c(S(=O)(=O)Nc2cnc(Oc3cc4ccccc4cn3)c(Cl)c2)c1. The summed E-state index contributed by atoms with van der Waals surface area (Å²) in [6.45, 7) is 0. The van der Waals surface area contributed by atoms with Crippen molar-refractivity contribution in [2.75, 3.05) is 18.9 Å². The van der Waals surface area contributed by atoms with E-state index in [9.17, 15) is 8.42 Å². The van der Waals surface area contributed by atoms with Crippen molar-refractivity contribution < 1.29 is 22.6 Å². The van der Waals surface area contributed by atoms with Crippen LogP contribution in [-0.2, 0) is 10.0 Å². The Morgan fingerprint density at radius 3 is 2.41 bits per heavy atom. The Hall–Kier alpha value is -3.56. The van der Waals surface area contributed by atoms with Gasteiger partial charge in [0.05, 0.1) is 26.1 Å². The van der Waals surface area contributed by atoms with Gasteiger partial charge in [-0.15, -0.1) is 0 Å². The number of rotatable bonds is 7. The van der Waals surface area contributed by atoms with Crippen molar-refractivity contribution in [1.29, 1.82) is 0 Å². The zero-order valence-electron chi connectivity index (χ0n) is 17.1. The Bertz CT molecular complexity index is 1400. The molecular formula is C22H18ClN3O5S. The smallest absolute Gasteiger partial charge is 0.265 e. The van der Waals surface area contributed by atoms with Crippen LogP contribution in [0.2, 0.25) is 5.02 Å². The molecule has 0 fully saturated rings. The maximum atomic E-state index is 12.9. The summed E-state index contributed by atoms with van der Waals surface area (Å²) in [6.07, 6.45) is 2.98. The molecule has 2 aromatic carbocycles. The van der Waals surface area contributed by atoms with Gasteiger partial charge in [-0.2, -0.15) is 0 Å². The number of ether oxygens (including phenoxy) is 3. The molecule has 10 heteroatoms. The fraction of sp³-hybridized carbons (Fsp3) is 0.0909. The van der Waals surface area contributed by atoms with Crippen LogP contribution in [0.25, 0.3) is 10.8 Å². The largest absolute Gasteiger partial charge is 0.497 e. The predicted octanol–water partition coefficient (Wildman–Crippen LogP) is 4.89. The number of anilines is 1. The quantitative estimate of drug-likeness (QED) is 0.409. The second-order valence-electron chi connectivity index (χ2n) is 6.61. The number of fused-ring (bicyclic) bond motifs is 1. The Kier molecular flexibility index (Phi) is 6.02. The summed E-state index contributed by atoms with van der Waals surface area (Å²) in [5, 5.41) is 2.03. The minimum Gasteiger partial charge on any atom is -0.497 e. The third kappa shape index (κ3) is 4.53. The molecule has 0 aliphatic rings. The van der Waals surface area contributed by atoms with Gasteiger partial charge in [0.25, 0.3) is 10.0 Å². The number of hydrogen-bond acceptors (Lipinski definition) is 7. The molecule has 0 amide bonds. The first-order valence-electron chi connectivity index (χ1n) is 9.32. The van der Waals surface area contributed by atoms with E-state index in [4.69, 9.17) is 25.8 Å². The zero-order valence-corrected chi connectivity index (χ0v) is 18.6. The van der Waals surface area contributed by atoms with E-state index in [0.29, 0.717) is 11.6 Å². The molecular weight excluding hydrogens is 454 g/mol. The van der Waals surface area contributed by atoms with E-state index in [0.717, 1.165) is 10.8 Å². The van der Waals surface area contributed by atoms with Gasteiger partial charge in [-0.05, 0) is 23.6 Å². The lowest BCUT2D eigenvalue weighted by Gasteiger charge is -2.13. The van der Waals surface area contributed by atoms with Crippen LogP contribution in [-0.4, -0.2) is 32.6 Å². The molecule has 0 atom stereocenters. The van der Waals surface area contributed by atoms with E-state index >= 15 is 0 Å². The molecule has 0 radical (unpaired) electrons. The maximum Gasteiger partial charge on any atom is 0.265 e. The van der Waals surface area contributed by atoms with Gasteiger partial charge in [0, 0.05) is 23.7 Å². The number of nitrogens with zero attached hydrogens (tertiary/aromatic N) is 2. The van der Waals surface area contributed by atoms with Gasteiger partial charge in [0.2, 0.25) is 11.8 Å². The highest BCUT2D eigenvalue weighted by Gasteiger charge is 2.21. The van der Waals surface area contributed by atoms with Crippen molar-refractivity contribution in [3.63, 3.8) is 0 Å². The minimum absolute atomic E-state index is 0.0869. The molecule has 2 aromatic heterocycles. The maximum absolute atomic E-state index is 12.9. The zero-order chi connectivity index (χ0) is 22.7. The molecule has 4 aromatic rings. The number of aromatic nitrogens is 2. The van der Waals surface area contributed by atoms with Gasteiger partial charge in [-0.3, -0.25) is 4.72 Å². The third-order valence-electron chi connectivity index (χ3n) is 4.53. The van der Waals surface area contributed by atoms with Crippen LogP contribution < -0.4 is 18.9 Å². The first-order valence-corrected chi connectivity index (χ1v) is 11.2. The molecule has 32 heavy (non-hydrogen) atoms. The van der Waals surface area contributed by atoms with Crippen LogP contribution in [0, 0.1) is 0 Å². The van der Waals surface area contributed by atoms with Crippen LogP contribution in [0.3, 0.4) is 0 Å². The van der Waals surface area contributed by atoms with Crippen LogP contribution in [0.4, 0.5) is 5.69 Å². The molecule has 0 saturated heterocycles. The van der Waals surface area contributed by atoms with Crippen molar-refractivity contribution in [2.24, 2.45) is 0 Å². The highest BCUT2D eigenvalue weighted by Crippen LogP contribution is 2.32. The number of benzene rings is 2. The topological polar surface area (TPSA) is 99.6 Å². The number of pyridine rings is 2. The molecule has 8 nitrogen and oxygen atoms in total. The molecule has 0 aliphatic carbocycles. The Labute approximate surface area is 189 Å². The molecule has 0 aliphatic heterocycles. The Morgan fingerprint density at radius 1 is 0.906 bits per heavy atom. The fourth-order valence-corrected chi connectivity index (χ4v) is 4.40. The number of methoxy groups -OCH3 is 2. The van der Waals surface area contributed by atoms with E-state index in [1.165, 1.54) is 38.6 Å². The van der Waals surface area contributed by atoms with Gasteiger partial charge in [0.1, 0.15) is 21.4 Å². The van der Waals surface area contributed by atoms with Gasteiger partial charge in [0.15, 0.2) is 0 Å². The van der Waals surface area contributed by atoms with Gasteiger partial charge in [-0.25, -0.2) is 18.4 Å². The number of sulfonamides is 1. The van der Waals surface area contributed by atoms with E-state index in [1.54, 1.807) is 18.3 Å². The molecule has 164 valence electrons. The lowest BCUT2D eigenvalue weighted by molar-refractivity contribution is 0.392. The summed E-state index contributed by atoms with van der Waals surface area (Å²) in [6, 6.07) is 15.3. The Balaban J connectivity index is 1.58. The second kappa shape index (κ2) is 8.89. The first kappa shape index (κ1) is 21.7. The van der Waals surface area contributed by atoms with Gasteiger partial charge >= 0.3 is 0 Å². The summed E-state index contributed by atoms with van der Waals surface area (Å²) in [7, 11) is -1.18. The van der Waals surface area contributed by atoms with Crippen LogP contribution in [0.5, 0.6) is 23.3 Å². The highest BCUT2D eigenvalue weighted by molar-refractivity contribution is 7.92. The number of hydrogen-bond donors (Lipinski definition) is 1. The van der Waals surface area contributed by atoms with Crippen LogP contribution in [0.1, 0.15) is 0 Å². The molecule has 0 saturated carbocycles. The molecule has 1 N–H and O–H groups in total. The van der Waals surface area contributed by atoms with Crippen molar-refractivity contribution >= 4 is 38.1 Å². The average molecular weight is 472 g/mol. The van der Waals surface area contributed by atoms with Crippen molar-refractivity contribution in [3.05, 3.63) is 72.0 Å². The van der Waals surface area contributed by atoms with E-state index in [-0.39, 0.29) is 27.2 Å². The minimum atomic E-state index is -4.01. The molecule has 0 spiro atoms. The Morgan fingerprint density at radius 2 is 1.69 bits per heavy atom. The van der Waals surface area contributed by atoms with Crippen LogP contribution in [0.15, 0.2) is 71.9 Å². The molecule has 4 rings (SSSR count). The standard InChI is InChI=1S/C22H18ClN3O5S/c1-29-17-7-8-19(30-2)20(11-17)32(27,28)26-16-10-18(23)22(25-13-16)31-21-9-14-5-3-4-6-15(14)12-24-21/h3-13,26H,1-2H3. The third-order valence-corrected chi connectivity index (χ3v) is 6.20. The second-order valence-corrected chi connectivity index (χ2v) is 8.66. The van der Waals surface area contributed by atoms with Crippen molar-refractivity contribution in [1.82, 2.24) is 9.97 Å². The van der Waals surface area contributed by atoms with E-state index < -0.39 is 10.0 Å². The van der Waals surface area contributed by atoms with E-state index in [1.807, 2.05) is 24.3 Å². The highest BCUT2D eigenvalue weighted by atomic mass is 35.5. The van der Waals surface area contributed by atoms with Crippen molar-refractivity contribution in [3.8, 4) is 23.3 Å². The predicted molar refractivity (Wildman–Crippen MR) is 121 cm³/mol. The number of halogens is 1. The average Bonchev–Trinajstić information content (AvgIpc) is 2.80. The molecule has 2 heterocycles. The summed E-state index contributed by atoms with van der Waals surface area (Å²) < 4.78 is 44.2. The summed E-state index contributed by atoms with van der Waals surface area (Å²) >= 11 is 6.28. The monoisotopic (exact) mass is 471 g/mol. The van der Waals surface area contributed by atoms with Crippen LogP contribution >= 0.6 is 11.6 Å². The normalized spacial score (nSPS) is 11.2. The summed E-state index contributed by atoms with van der Waals surface area (Å²) in [4.78, 5) is 8.29. The van der Waals surface area contributed by atoms with Gasteiger partial charge in [-0.1, -0.05) is 35.9 Å². The summed E-state index contributed by atoms with van der Waals surface area (Å²) in [5.41, 5.74) is 0.152. The first-order chi connectivity index (χ1) is 15.4.